The lowest BCUT2D eigenvalue weighted by molar-refractivity contribution is -0.132. The molecule has 33 heavy (non-hydrogen) atoms. The Morgan fingerprint density at radius 2 is 1.94 bits per heavy atom. The average Bonchev–Trinajstić information content (AvgIpc) is 2.80. The van der Waals surface area contributed by atoms with Gasteiger partial charge in [0.2, 0.25) is 5.91 Å². The van der Waals surface area contributed by atoms with Gasteiger partial charge in [0.05, 0.1) is 12.0 Å². The quantitative estimate of drug-likeness (QED) is 0.446. The van der Waals surface area contributed by atoms with Crippen molar-refractivity contribution < 1.29 is 19.5 Å². The van der Waals surface area contributed by atoms with E-state index in [1.54, 1.807) is 30.3 Å². The van der Waals surface area contributed by atoms with Crippen LogP contribution in [0.3, 0.4) is 0 Å². The summed E-state index contributed by atoms with van der Waals surface area (Å²) in [5, 5.41) is 14.0. The van der Waals surface area contributed by atoms with Crippen LogP contribution in [0.1, 0.15) is 46.8 Å². The van der Waals surface area contributed by atoms with Crippen LogP contribution < -0.4 is 16.5 Å². The predicted octanol–water partition coefficient (Wildman–Crippen LogP) is 2.76. The highest BCUT2D eigenvalue weighted by atomic mass is 35.5. The summed E-state index contributed by atoms with van der Waals surface area (Å²) in [6.07, 6.45) is 0.609. The molecule has 0 bridgehead atoms. The third-order valence-electron chi connectivity index (χ3n) is 5.58. The molecular formula is C24H27ClN4O4. The van der Waals surface area contributed by atoms with Gasteiger partial charge in [-0.25, -0.2) is 10.2 Å². The van der Waals surface area contributed by atoms with Gasteiger partial charge in [0.25, 0.3) is 5.91 Å². The average molecular weight is 471 g/mol. The first-order chi connectivity index (χ1) is 15.8. The van der Waals surface area contributed by atoms with E-state index in [1.165, 1.54) is 11.1 Å². The predicted molar refractivity (Wildman–Crippen MR) is 125 cm³/mol. The number of amides is 2. The first-order valence-corrected chi connectivity index (χ1v) is 11.0. The Morgan fingerprint density at radius 1 is 1.15 bits per heavy atom. The number of carbonyl (C=O) groups excluding carboxylic acids is 2. The fourth-order valence-corrected chi connectivity index (χ4v) is 3.83. The third kappa shape index (κ3) is 6.41. The van der Waals surface area contributed by atoms with Crippen LogP contribution in [0.2, 0.25) is 5.02 Å². The molecule has 2 amide bonds. The molecule has 1 heterocycles. The van der Waals surface area contributed by atoms with E-state index >= 15 is 0 Å². The van der Waals surface area contributed by atoms with Gasteiger partial charge in [-0.05, 0) is 54.3 Å². The molecule has 0 radical (unpaired) electrons. The zero-order valence-electron chi connectivity index (χ0n) is 18.4. The van der Waals surface area contributed by atoms with Crippen LogP contribution in [0.4, 0.5) is 0 Å². The van der Waals surface area contributed by atoms with E-state index in [0.29, 0.717) is 36.7 Å². The third-order valence-corrected chi connectivity index (χ3v) is 5.81. The van der Waals surface area contributed by atoms with Gasteiger partial charge in [0.1, 0.15) is 0 Å². The highest BCUT2D eigenvalue weighted by Gasteiger charge is 2.26. The monoisotopic (exact) mass is 470 g/mol. The van der Waals surface area contributed by atoms with E-state index in [9.17, 15) is 14.4 Å². The van der Waals surface area contributed by atoms with E-state index in [1.807, 2.05) is 13.0 Å². The van der Waals surface area contributed by atoms with Crippen molar-refractivity contribution in [2.45, 2.75) is 39.4 Å². The summed E-state index contributed by atoms with van der Waals surface area (Å²) in [5.41, 5.74) is 12.8. The first kappa shape index (κ1) is 24.4. The molecule has 0 saturated carbocycles. The minimum atomic E-state index is -1.01. The van der Waals surface area contributed by atoms with Gasteiger partial charge in [-0.2, -0.15) is 0 Å². The van der Waals surface area contributed by atoms with Gasteiger partial charge < -0.3 is 16.2 Å². The van der Waals surface area contributed by atoms with Gasteiger partial charge >= 0.3 is 5.97 Å². The van der Waals surface area contributed by atoms with E-state index in [4.69, 9.17) is 22.4 Å². The lowest BCUT2D eigenvalue weighted by atomic mass is 9.98. The number of carboxylic acids is 1. The number of hydrazine groups is 1. The van der Waals surface area contributed by atoms with Crippen molar-refractivity contribution in [2.75, 3.05) is 6.54 Å². The van der Waals surface area contributed by atoms with Crippen LogP contribution in [0.25, 0.3) is 0 Å². The fraction of sp³-hybridized carbons (Fsp3) is 0.292. The number of nitrogens with zero attached hydrogens (tertiary/aromatic N) is 1. The zero-order valence-corrected chi connectivity index (χ0v) is 19.1. The summed E-state index contributed by atoms with van der Waals surface area (Å²) in [6, 6.07) is 11.9. The number of nitrogens with one attached hydrogen (secondary N) is 2. The molecule has 174 valence electrons. The largest absolute Gasteiger partial charge is 0.478 e. The Kier molecular flexibility index (Phi) is 8.21. The summed E-state index contributed by atoms with van der Waals surface area (Å²) >= 11 is 6.05. The van der Waals surface area contributed by atoms with E-state index in [-0.39, 0.29) is 30.3 Å². The molecule has 0 fully saturated rings. The fourth-order valence-electron chi connectivity index (χ4n) is 3.63. The van der Waals surface area contributed by atoms with Gasteiger partial charge in [0.15, 0.2) is 0 Å². The van der Waals surface area contributed by atoms with Crippen molar-refractivity contribution in [1.29, 1.82) is 0 Å². The molecule has 0 saturated heterocycles. The Labute approximate surface area is 197 Å². The number of halogens is 1. The molecule has 5 N–H and O–H groups in total. The summed E-state index contributed by atoms with van der Waals surface area (Å²) in [4.78, 5) is 36.7. The van der Waals surface area contributed by atoms with Gasteiger partial charge in [0, 0.05) is 36.8 Å². The minimum Gasteiger partial charge on any atom is -0.478 e. The molecule has 0 aliphatic carbocycles. The maximum atomic E-state index is 13.0. The van der Waals surface area contributed by atoms with Crippen LogP contribution in [0.15, 0.2) is 53.6 Å². The van der Waals surface area contributed by atoms with Crippen molar-refractivity contribution in [2.24, 2.45) is 5.73 Å². The molecule has 1 aliphatic heterocycles. The lowest BCUT2D eigenvalue weighted by Crippen LogP contribution is -2.46. The highest BCUT2D eigenvalue weighted by molar-refractivity contribution is 6.30. The zero-order chi connectivity index (χ0) is 24.0. The molecule has 2 aromatic rings. The van der Waals surface area contributed by atoms with Crippen molar-refractivity contribution in [3.63, 3.8) is 0 Å². The standard InChI is InChI=1S/C24H27ClN4O4/c1-15-7-8-29(28-13-16-3-2-4-17(9-16)24(32)33)23(31)21(15)11-22(30)27-14-19-10-20(25)6-5-18(19)12-26/h2-6,9-10,28H,7-8,11-14,26H2,1H3,(H,27,30)(H,32,33). The number of benzene rings is 2. The van der Waals surface area contributed by atoms with Crippen LogP contribution >= 0.6 is 11.6 Å². The molecule has 2 aromatic carbocycles. The first-order valence-electron chi connectivity index (χ1n) is 10.6. The molecule has 0 spiro atoms. The Bertz CT molecular complexity index is 1100. The molecule has 0 unspecified atom stereocenters. The van der Waals surface area contributed by atoms with Crippen molar-refractivity contribution >= 4 is 29.4 Å². The van der Waals surface area contributed by atoms with Crippen LogP contribution in [-0.4, -0.2) is 34.4 Å². The van der Waals surface area contributed by atoms with E-state index in [0.717, 1.165) is 22.3 Å². The summed E-state index contributed by atoms with van der Waals surface area (Å²) in [5.74, 6) is -1.53. The molecule has 1 aliphatic rings. The molecule has 8 nitrogen and oxygen atoms in total. The van der Waals surface area contributed by atoms with Crippen LogP contribution in [-0.2, 0) is 29.2 Å². The summed E-state index contributed by atoms with van der Waals surface area (Å²) in [7, 11) is 0. The number of aromatic carboxylic acids is 1. The minimum absolute atomic E-state index is 0.0319. The molecule has 0 atom stereocenters. The number of hydrogen-bond donors (Lipinski definition) is 4. The van der Waals surface area contributed by atoms with E-state index in [2.05, 4.69) is 10.7 Å². The number of carboxylic acid groups (broad SMARTS) is 1. The summed E-state index contributed by atoms with van der Waals surface area (Å²) in [6.45, 7) is 3.23. The second kappa shape index (κ2) is 11.1. The second-order valence-electron chi connectivity index (χ2n) is 7.88. The van der Waals surface area contributed by atoms with E-state index < -0.39 is 5.97 Å². The van der Waals surface area contributed by atoms with Gasteiger partial charge in [-0.15, -0.1) is 0 Å². The summed E-state index contributed by atoms with van der Waals surface area (Å²) < 4.78 is 0. The van der Waals surface area contributed by atoms with Crippen LogP contribution in [0.5, 0.6) is 0 Å². The topological polar surface area (TPSA) is 125 Å². The number of hydrogen-bond acceptors (Lipinski definition) is 5. The number of carbonyl (C=O) groups is 3. The van der Waals surface area contributed by atoms with Crippen molar-refractivity contribution in [3.8, 4) is 0 Å². The number of rotatable bonds is 9. The normalized spacial score (nSPS) is 13.9. The molecule has 3 rings (SSSR count). The van der Waals surface area contributed by atoms with Crippen molar-refractivity contribution in [3.05, 3.63) is 80.9 Å². The van der Waals surface area contributed by atoms with Gasteiger partial charge in [-0.3, -0.25) is 14.6 Å². The molecular weight excluding hydrogens is 444 g/mol. The van der Waals surface area contributed by atoms with Gasteiger partial charge in [-0.1, -0.05) is 35.4 Å². The maximum Gasteiger partial charge on any atom is 0.335 e. The molecule has 9 heteroatoms. The Morgan fingerprint density at radius 3 is 2.67 bits per heavy atom. The maximum absolute atomic E-state index is 13.0. The Hall–Kier alpha value is -3.20. The smallest absolute Gasteiger partial charge is 0.335 e. The number of nitrogens with two attached hydrogens (primary N) is 1. The Balaban J connectivity index is 1.59. The second-order valence-corrected chi connectivity index (χ2v) is 8.31. The molecule has 0 aromatic heterocycles. The van der Waals surface area contributed by atoms with Crippen LogP contribution in [0, 0.1) is 0 Å². The SMILES string of the molecule is CC1=C(CC(=O)NCc2cc(Cl)ccc2CN)C(=O)N(NCc2cccc(C(=O)O)c2)CC1. The highest BCUT2D eigenvalue weighted by Crippen LogP contribution is 2.21. The van der Waals surface area contributed by atoms with Crippen molar-refractivity contribution in [1.82, 2.24) is 15.8 Å². The lowest BCUT2D eigenvalue weighted by Gasteiger charge is -2.30.